The zero-order chi connectivity index (χ0) is 14.7. The fourth-order valence-electron chi connectivity index (χ4n) is 2.49. The van der Waals surface area contributed by atoms with E-state index < -0.39 is 0 Å². The van der Waals surface area contributed by atoms with Crippen LogP contribution in [0.5, 0.6) is 0 Å². The summed E-state index contributed by atoms with van der Waals surface area (Å²) < 4.78 is 1.75. The minimum Gasteiger partial charge on any atom is -0.349 e. The second kappa shape index (κ2) is 7.05. The highest BCUT2D eigenvalue weighted by Crippen LogP contribution is 2.22. The number of piperidine rings is 1. The Labute approximate surface area is 137 Å². The van der Waals surface area contributed by atoms with Crippen LogP contribution in [0, 0.1) is 0 Å². The van der Waals surface area contributed by atoms with Gasteiger partial charge in [0, 0.05) is 34.1 Å². The van der Waals surface area contributed by atoms with Gasteiger partial charge in [-0.15, -0.1) is 0 Å². The molecule has 2 rings (SSSR count). The van der Waals surface area contributed by atoms with E-state index in [2.05, 4.69) is 55.9 Å². The summed E-state index contributed by atoms with van der Waals surface area (Å²) in [6, 6.07) is 6.53. The van der Waals surface area contributed by atoms with Gasteiger partial charge in [0.05, 0.1) is 5.56 Å². The molecule has 0 radical (unpaired) electrons. The molecule has 0 unspecified atom stereocenters. The Balaban J connectivity index is 1.94. The number of amides is 1. The van der Waals surface area contributed by atoms with Gasteiger partial charge in [0.25, 0.3) is 5.91 Å². The Morgan fingerprint density at radius 1 is 1.30 bits per heavy atom. The number of hydrogen-bond donors (Lipinski definition) is 1. The molecule has 1 saturated heterocycles. The molecule has 0 bridgehead atoms. The van der Waals surface area contributed by atoms with Crippen LogP contribution < -0.4 is 5.32 Å². The fourth-order valence-corrected chi connectivity index (χ4v) is 3.28. The topological polar surface area (TPSA) is 32.3 Å². The Hall–Kier alpha value is -0.390. The van der Waals surface area contributed by atoms with Crippen LogP contribution in [0.4, 0.5) is 0 Å². The van der Waals surface area contributed by atoms with Gasteiger partial charge in [0.1, 0.15) is 0 Å². The molecule has 1 aliphatic rings. The summed E-state index contributed by atoms with van der Waals surface area (Å²) in [6.45, 7) is 6.56. The van der Waals surface area contributed by atoms with E-state index in [1.807, 2.05) is 18.2 Å². The molecule has 1 aliphatic heterocycles. The molecule has 1 fully saturated rings. The van der Waals surface area contributed by atoms with Gasteiger partial charge in [-0.2, -0.15) is 0 Å². The lowest BCUT2D eigenvalue weighted by molar-refractivity contribution is 0.0900. The van der Waals surface area contributed by atoms with Crippen molar-refractivity contribution in [2.24, 2.45) is 0 Å². The number of carbonyl (C=O) groups is 1. The zero-order valence-electron chi connectivity index (χ0n) is 11.8. The van der Waals surface area contributed by atoms with Gasteiger partial charge in [-0.3, -0.25) is 4.79 Å². The van der Waals surface area contributed by atoms with E-state index in [1.54, 1.807) is 0 Å². The minimum atomic E-state index is 0.00109. The molecule has 1 aromatic carbocycles. The summed E-state index contributed by atoms with van der Waals surface area (Å²) >= 11 is 6.84. The highest BCUT2D eigenvalue weighted by molar-refractivity contribution is 9.11. The van der Waals surface area contributed by atoms with Crippen molar-refractivity contribution in [1.29, 1.82) is 0 Å². The maximum absolute atomic E-state index is 12.3. The van der Waals surface area contributed by atoms with E-state index in [0.29, 0.717) is 11.6 Å². The van der Waals surface area contributed by atoms with E-state index in [0.717, 1.165) is 34.9 Å². The van der Waals surface area contributed by atoms with Crippen LogP contribution in [0.25, 0.3) is 0 Å². The molecule has 1 amide bonds. The number of likely N-dealkylation sites (tertiary alicyclic amines) is 1. The zero-order valence-corrected chi connectivity index (χ0v) is 15.0. The van der Waals surface area contributed by atoms with Gasteiger partial charge in [-0.1, -0.05) is 15.9 Å². The Morgan fingerprint density at radius 2 is 1.95 bits per heavy atom. The van der Waals surface area contributed by atoms with Gasteiger partial charge in [-0.25, -0.2) is 0 Å². The van der Waals surface area contributed by atoms with Crippen molar-refractivity contribution in [3.05, 3.63) is 32.7 Å². The van der Waals surface area contributed by atoms with Crippen LogP contribution >= 0.6 is 31.9 Å². The third-order valence-electron chi connectivity index (χ3n) is 3.77. The van der Waals surface area contributed by atoms with Crippen molar-refractivity contribution in [2.45, 2.75) is 38.8 Å². The van der Waals surface area contributed by atoms with Crippen molar-refractivity contribution in [1.82, 2.24) is 10.2 Å². The SMILES string of the molecule is CC(C)N1CCC(NC(=O)c2cc(Br)ccc2Br)CC1. The molecule has 0 spiro atoms. The lowest BCUT2D eigenvalue weighted by atomic mass is 10.0. The first kappa shape index (κ1) is 16.0. The molecule has 0 atom stereocenters. The molecule has 0 aliphatic carbocycles. The summed E-state index contributed by atoms with van der Waals surface area (Å²) in [5, 5.41) is 3.15. The standard InChI is InChI=1S/C15H20Br2N2O/c1-10(2)19-7-5-12(6-8-19)18-15(20)13-9-11(16)3-4-14(13)17/h3-4,9-10,12H,5-8H2,1-2H3,(H,18,20). The lowest BCUT2D eigenvalue weighted by Crippen LogP contribution is -2.46. The van der Waals surface area contributed by atoms with Crippen molar-refractivity contribution in [2.75, 3.05) is 13.1 Å². The van der Waals surface area contributed by atoms with Crippen LogP contribution in [-0.2, 0) is 0 Å². The molecule has 110 valence electrons. The van der Waals surface area contributed by atoms with E-state index in [9.17, 15) is 4.79 Å². The number of nitrogens with zero attached hydrogens (tertiary/aromatic N) is 1. The highest BCUT2D eigenvalue weighted by atomic mass is 79.9. The molecule has 5 heteroatoms. The minimum absolute atomic E-state index is 0.00109. The van der Waals surface area contributed by atoms with Crippen molar-refractivity contribution in [3.63, 3.8) is 0 Å². The maximum Gasteiger partial charge on any atom is 0.252 e. The van der Waals surface area contributed by atoms with Crippen LogP contribution in [0.2, 0.25) is 0 Å². The highest BCUT2D eigenvalue weighted by Gasteiger charge is 2.23. The second-order valence-corrected chi connectivity index (χ2v) is 7.27. The maximum atomic E-state index is 12.3. The fraction of sp³-hybridized carbons (Fsp3) is 0.533. The van der Waals surface area contributed by atoms with E-state index in [1.165, 1.54) is 0 Å². The molecular formula is C15H20Br2N2O. The first-order chi connectivity index (χ1) is 9.47. The summed E-state index contributed by atoms with van der Waals surface area (Å²) in [5.41, 5.74) is 0.686. The number of rotatable bonds is 3. The van der Waals surface area contributed by atoms with Crippen LogP contribution in [0.3, 0.4) is 0 Å². The van der Waals surface area contributed by atoms with E-state index in [4.69, 9.17) is 0 Å². The Kier molecular flexibility index (Phi) is 5.64. The molecule has 1 aromatic rings. The number of halogens is 2. The van der Waals surface area contributed by atoms with Crippen molar-refractivity contribution < 1.29 is 4.79 Å². The van der Waals surface area contributed by atoms with Crippen molar-refractivity contribution in [3.8, 4) is 0 Å². The van der Waals surface area contributed by atoms with Crippen molar-refractivity contribution >= 4 is 37.8 Å². The molecule has 1 heterocycles. The number of benzene rings is 1. The molecule has 20 heavy (non-hydrogen) atoms. The first-order valence-electron chi connectivity index (χ1n) is 6.97. The number of nitrogens with one attached hydrogen (secondary N) is 1. The summed E-state index contributed by atoms with van der Waals surface area (Å²) in [5.74, 6) is 0.00109. The third-order valence-corrected chi connectivity index (χ3v) is 4.95. The molecule has 0 saturated carbocycles. The van der Waals surface area contributed by atoms with Gasteiger partial charge in [0.2, 0.25) is 0 Å². The van der Waals surface area contributed by atoms with Crippen LogP contribution in [0.1, 0.15) is 37.0 Å². The van der Waals surface area contributed by atoms with Crippen LogP contribution in [-0.4, -0.2) is 36.0 Å². The smallest absolute Gasteiger partial charge is 0.252 e. The number of hydrogen-bond acceptors (Lipinski definition) is 2. The average Bonchev–Trinajstić information content (AvgIpc) is 2.42. The lowest BCUT2D eigenvalue weighted by Gasteiger charge is -2.34. The molecular weight excluding hydrogens is 384 g/mol. The number of carbonyl (C=O) groups excluding carboxylic acids is 1. The average molecular weight is 404 g/mol. The van der Waals surface area contributed by atoms with Gasteiger partial charge in [-0.05, 0) is 60.8 Å². The second-order valence-electron chi connectivity index (χ2n) is 5.50. The summed E-state index contributed by atoms with van der Waals surface area (Å²) in [7, 11) is 0. The summed E-state index contributed by atoms with van der Waals surface area (Å²) in [6.07, 6.45) is 2.05. The van der Waals surface area contributed by atoms with Gasteiger partial charge in [0.15, 0.2) is 0 Å². The molecule has 0 aromatic heterocycles. The molecule has 3 nitrogen and oxygen atoms in total. The third kappa shape index (κ3) is 4.06. The summed E-state index contributed by atoms with van der Waals surface area (Å²) in [4.78, 5) is 14.8. The monoisotopic (exact) mass is 402 g/mol. The van der Waals surface area contributed by atoms with Gasteiger partial charge >= 0.3 is 0 Å². The largest absolute Gasteiger partial charge is 0.349 e. The normalized spacial score (nSPS) is 17.4. The quantitative estimate of drug-likeness (QED) is 0.831. The van der Waals surface area contributed by atoms with Gasteiger partial charge < -0.3 is 10.2 Å². The Bertz CT molecular complexity index is 483. The predicted octanol–water partition coefficient (Wildman–Crippen LogP) is 3.81. The van der Waals surface area contributed by atoms with Crippen LogP contribution in [0.15, 0.2) is 27.1 Å². The van der Waals surface area contributed by atoms with E-state index >= 15 is 0 Å². The molecule has 1 N–H and O–H groups in total. The first-order valence-corrected chi connectivity index (χ1v) is 8.56. The Morgan fingerprint density at radius 3 is 2.55 bits per heavy atom. The predicted molar refractivity (Wildman–Crippen MR) is 89.0 cm³/mol. The van der Waals surface area contributed by atoms with E-state index in [-0.39, 0.29) is 11.9 Å².